The van der Waals surface area contributed by atoms with E-state index in [0.29, 0.717) is 0 Å². The molecule has 0 bridgehead atoms. The number of hydrogen-bond acceptors (Lipinski definition) is 2. The van der Waals surface area contributed by atoms with Gasteiger partial charge in [-0.1, -0.05) is 0 Å². The van der Waals surface area contributed by atoms with Gasteiger partial charge in [-0.15, -0.1) is 0 Å². The standard InChI is InChI=1S/C8H16NO2.3C4H9.Sn/c1-6(2)9(7(3)4)8(10)11-5;3*1-3-4-2;/h6-7H,5H2,1-4H3;3*1,3-4H2,2H3;/i5D;;;;. The number of hydrogen-bond donors (Lipinski definition) is 0. The summed E-state index contributed by atoms with van der Waals surface area (Å²) in [5, 5.41) is 0. The molecule has 24 heavy (non-hydrogen) atoms. The van der Waals surface area contributed by atoms with Gasteiger partial charge in [-0.3, -0.25) is 0 Å². The fraction of sp³-hybridized carbons (Fsp3) is 0.950. The summed E-state index contributed by atoms with van der Waals surface area (Å²) in [6, 6.07) is 0.206. The normalized spacial score (nSPS) is 14.0. The predicted molar refractivity (Wildman–Crippen MR) is 108 cm³/mol. The monoisotopic (exact) mass is 450 g/mol. The molecule has 0 saturated carbocycles. The molecule has 0 aliphatic carbocycles. The summed E-state index contributed by atoms with van der Waals surface area (Å²) < 4.78 is 17.7. The van der Waals surface area contributed by atoms with Crippen LogP contribution in [-0.2, 0) is 4.74 Å². The number of carbonyl (C=O) groups excluding carboxylic acids is 1. The average molecular weight is 449 g/mol. The van der Waals surface area contributed by atoms with Gasteiger partial charge < -0.3 is 0 Å². The molecule has 4 heteroatoms. The number of ether oxygens (including phenoxy) is 1. The zero-order chi connectivity index (χ0) is 19.5. The predicted octanol–water partition coefficient (Wildman–Crippen LogP) is 6.63. The van der Waals surface area contributed by atoms with Crippen molar-refractivity contribution in [3.05, 3.63) is 0 Å². The Bertz CT molecular complexity index is 334. The van der Waals surface area contributed by atoms with E-state index in [1.54, 1.807) is 4.90 Å². The average Bonchev–Trinajstić information content (AvgIpc) is 2.53. The quantitative estimate of drug-likeness (QED) is 0.296. The summed E-state index contributed by atoms with van der Waals surface area (Å²) in [7, 11) is 0. The van der Waals surface area contributed by atoms with E-state index in [1.165, 1.54) is 51.8 Å². The van der Waals surface area contributed by atoms with Crippen molar-refractivity contribution < 1.29 is 10.9 Å². The van der Waals surface area contributed by atoms with E-state index in [0.717, 1.165) is 0 Å². The van der Waals surface area contributed by atoms with Gasteiger partial charge in [-0.05, 0) is 0 Å². The van der Waals surface area contributed by atoms with Crippen LogP contribution in [0.25, 0.3) is 0 Å². The second kappa shape index (κ2) is 13.3. The Morgan fingerprint density at radius 3 is 1.58 bits per heavy atom. The molecule has 0 radical (unpaired) electrons. The van der Waals surface area contributed by atoms with Crippen LogP contribution in [0.15, 0.2) is 0 Å². The molecule has 3 nitrogen and oxygen atoms in total. The summed E-state index contributed by atoms with van der Waals surface area (Å²) in [5.41, 5.74) is 0. The Hall–Kier alpha value is 0.0687. The molecule has 0 aliphatic heterocycles. The number of nitrogens with zero attached hydrogens (tertiary/aromatic N) is 1. The van der Waals surface area contributed by atoms with Crippen LogP contribution in [0.3, 0.4) is 0 Å². The molecule has 1 amide bonds. The van der Waals surface area contributed by atoms with Gasteiger partial charge in [0.25, 0.3) is 0 Å². The summed E-state index contributed by atoms with van der Waals surface area (Å²) in [4.78, 5) is 14.5. The van der Waals surface area contributed by atoms with Crippen molar-refractivity contribution in [2.45, 2.75) is 112 Å². The Morgan fingerprint density at radius 2 is 1.29 bits per heavy atom. The van der Waals surface area contributed by atoms with Gasteiger partial charge in [0, 0.05) is 0 Å². The molecule has 0 aromatic heterocycles. The first-order valence-electron chi connectivity index (χ1n) is 10.7. The number of amides is 1. The fourth-order valence-electron chi connectivity index (χ4n) is 3.39. The van der Waals surface area contributed by atoms with E-state index >= 15 is 0 Å². The van der Waals surface area contributed by atoms with Crippen LogP contribution in [0.5, 0.6) is 0 Å². The fourth-order valence-corrected chi connectivity index (χ4v) is 16.6. The molecular weight excluding hydrogens is 405 g/mol. The van der Waals surface area contributed by atoms with Crippen LogP contribution in [0, 0.1) is 0 Å². The van der Waals surface area contributed by atoms with Crippen LogP contribution in [0.1, 0.15) is 88.4 Å². The van der Waals surface area contributed by atoms with E-state index in [9.17, 15) is 4.79 Å². The molecule has 144 valence electrons. The van der Waals surface area contributed by atoms with Gasteiger partial charge in [0.2, 0.25) is 0 Å². The Morgan fingerprint density at radius 1 is 0.917 bits per heavy atom. The van der Waals surface area contributed by atoms with E-state index < -0.39 is 23.0 Å². The molecule has 0 aromatic carbocycles. The molecule has 0 spiro atoms. The van der Waals surface area contributed by atoms with Crippen molar-refractivity contribution in [3.8, 4) is 0 Å². The molecule has 0 fully saturated rings. The van der Waals surface area contributed by atoms with E-state index in [-0.39, 0.29) is 18.2 Å². The van der Waals surface area contributed by atoms with Gasteiger partial charge in [0.15, 0.2) is 0 Å². The number of unbranched alkanes of at least 4 members (excludes halogenated alkanes) is 3. The van der Waals surface area contributed by atoms with Crippen molar-refractivity contribution in [1.29, 1.82) is 0 Å². The summed E-state index contributed by atoms with van der Waals surface area (Å²) in [6.45, 7) is 14.7. The second-order valence-corrected chi connectivity index (χ2v) is 20.5. The molecule has 0 aliphatic rings. The molecule has 0 aromatic rings. The Labute approximate surface area is 157 Å². The Kier molecular flexibility index (Phi) is 12.2. The zero-order valence-electron chi connectivity index (χ0n) is 18.4. The van der Waals surface area contributed by atoms with Crippen LogP contribution in [-0.4, -0.2) is 46.1 Å². The Balaban J connectivity index is 5.32. The third-order valence-corrected chi connectivity index (χ3v) is 18.1. The zero-order valence-corrected chi connectivity index (χ0v) is 20.2. The van der Waals surface area contributed by atoms with Crippen LogP contribution < -0.4 is 0 Å². The topological polar surface area (TPSA) is 29.5 Å². The molecule has 0 N–H and O–H groups in total. The van der Waals surface area contributed by atoms with Gasteiger partial charge in [-0.25, -0.2) is 0 Å². The maximum atomic E-state index is 12.7. The second-order valence-electron chi connectivity index (χ2n) is 7.77. The van der Waals surface area contributed by atoms with Crippen molar-refractivity contribution in [2.75, 3.05) is 4.60 Å². The van der Waals surface area contributed by atoms with E-state index in [4.69, 9.17) is 6.11 Å². The molecule has 1 atom stereocenters. The van der Waals surface area contributed by atoms with Gasteiger partial charge in [0.05, 0.1) is 0 Å². The first-order valence-corrected chi connectivity index (χ1v) is 17.9. The summed E-state index contributed by atoms with van der Waals surface area (Å²) >= 11 is -2.84. The van der Waals surface area contributed by atoms with Crippen LogP contribution >= 0.6 is 0 Å². The van der Waals surface area contributed by atoms with Gasteiger partial charge in [-0.2, -0.15) is 0 Å². The molecule has 0 heterocycles. The molecule has 0 rings (SSSR count). The third kappa shape index (κ3) is 8.96. The summed E-state index contributed by atoms with van der Waals surface area (Å²) in [6.07, 6.45) is 6.79. The molecular formula is C20H43NO2Sn. The number of rotatable bonds is 13. The van der Waals surface area contributed by atoms with Crippen molar-refractivity contribution in [1.82, 2.24) is 4.90 Å². The van der Waals surface area contributed by atoms with Crippen LogP contribution in [0.2, 0.25) is 13.3 Å². The van der Waals surface area contributed by atoms with Crippen molar-refractivity contribution in [2.24, 2.45) is 0 Å². The van der Waals surface area contributed by atoms with E-state index in [1.807, 2.05) is 27.7 Å². The minimum atomic E-state index is -2.84. The molecule has 0 unspecified atom stereocenters. The summed E-state index contributed by atoms with van der Waals surface area (Å²) in [5.74, 6) is 0. The van der Waals surface area contributed by atoms with Crippen molar-refractivity contribution in [3.63, 3.8) is 0 Å². The SMILES string of the molecule is [2H][C@@H](OC(=O)N(C(C)C)C(C)C)[Sn]([CH2]CCC)([CH2]CCC)[CH2]CCC. The number of carbonyl (C=O) groups is 1. The minimum absolute atomic E-state index is 0.103. The van der Waals surface area contributed by atoms with E-state index in [2.05, 4.69) is 20.8 Å². The molecule has 0 saturated heterocycles. The maximum absolute atomic E-state index is 12.7. The van der Waals surface area contributed by atoms with Crippen molar-refractivity contribution >= 4 is 24.5 Å². The first kappa shape index (κ1) is 22.1. The first-order chi connectivity index (χ1) is 11.8. The van der Waals surface area contributed by atoms with Gasteiger partial charge >= 0.3 is 157 Å². The van der Waals surface area contributed by atoms with Crippen LogP contribution in [0.4, 0.5) is 4.79 Å². The van der Waals surface area contributed by atoms with Gasteiger partial charge in [0.1, 0.15) is 0 Å². The third-order valence-electron chi connectivity index (χ3n) is 4.82.